The Bertz CT molecular complexity index is 1520. The van der Waals surface area contributed by atoms with Crippen LogP contribution in [0.2, 0.25) is 0 Å². The molecule has 0 atom stereocenters. The van der Waals surface area contributed by atoms with Crippen LogP contribution in [0.25, 0.3) is 10.9 Å². The van der Waals surface area contributed by atoms with E-state index < -0.39 is 0 Å². The first kappa shape index (κ1) is 25.3. The van der Waals surface area contributed by atoms with Crippen molar-refractivity contribution in [1.29, 1.82) is 0 Å². The molecule has 0 aliphatic heterocycles. The minimum absolute atomic E-state index is 0.0379. The van der Waals surface area contributed by atoms with Crippen molar-refractivity contribution in [2.75, 3.05) is 14.1 Å². The van der Waals surface area contributed by atoms with Gasteiger partial charge >= 0.3 is 0 Å². The Hall–Kier alpha value is -4.34. The van der Waals surface area contributed by atoms with Crippen LogP contribution in [0.5, 0.6) is 5.88 Å². The molecule has 1 amide bonds. The number of H-pyrrole nitrogens is 1. The summed E-state index contributed by atoms with van der Waals surface area (Å²) in [7, 11) is 4.09. The maximum atomic E-state index is 12.2. The molecule has 1 aromatic heterocycles. The number of aromatic amines is 1. The fraction of sp³-hybridized carbons (Fsp3) is 0.250. The van der Waals surface area contributed by atoms with Crippen LogP contribution >= 0.6 is 0 Å². The molecule has 6 heteroatoms. The summed E-state index contributed by atoms with van der Waals surface area (Å²) in [6.45, 7) is 0.853. The van der Waals surface area contributed by atoms with Gasteiger partial charge in [-0.3, -0.25) is 4.79 Å². The van der Waals surface area contributed by atoms with E-state index in [0.717, 1.165) is 54.4 Å². The van der Waals surface area contributed by atoms with Crippen molar-refractivity contribution < 1.29 is 9.90 Å². The molecule has 1 aliphatic carbocycles. The Morgan fingerprint density at radius 3 is 2.50 bits per heavy atom. The molecule has 1 aliphatic rings. The average molecular weight is 505 g/mol. The fourth-order valence-electron chi connectivity index (χ4n) is 4.95. The molecule has 6 nitrogen and oxygen atoms in total. The number of rotatable bonds is 6. The summed E-state index contributed by atoms with van der Waals surface area (Å²) < 4.78 is 0. The molecule has 4 aromatic rings. The van der Waals surface area contributed by atoms with Crippen molar-refractivity contribution >= 4 is 28.2 Å². The average Bonchev–Trinajstić information content (AvgIpc) is 3.53. The zero-order valence-corrected chi connectivity index (χ0v) is 21.8. The Morgan fingerprint density at radius 2 is 1.79 bits per heavy atom. The summed E-state index contributed by atoms with van der Waals surface area (Å²) in [6, 6.07) is 23.9. The van der Waals surface area contributed by atoms with Gasteiger partial charge in [0.2, 0.25) is 0 Å². The van der Waals surface area contributed by atoms with Gasteiger partial charge in [0.15, 0.2) is 5.88 Å². The largest absolute Gasteiger partial charge is 0.494 e. The number of benzene rings is 3. The Kier molecular flexibility index (Phi) is 7.57. The molecule has 1 fully saturated rings. The molecule has 192 valence electrons. The number of aromatic hydroxyl groups is 1. The molecular formula is C32H32N4O2. The van der Waals surface area contributed by atoms with Gasteiger partial charge in [-0.1, -0.05) is 67.3 Å². The number of hydrogen-bond donors (Lipinski definition) is 3. The molecule has 0 bridgehead atoms. The van der Waals surface area contributed by atoms with Crippen LogP contribution in [-0.4, -0.2) is 46.7 Å². The number of fused-ring (bicyclic) bond motifs is 1. The zero-order chi connectivity index (χ0) is 26.5. The van der Waals surface area contributed by atoms with Gasteiger partial charge in [-0.2, -0.15) is 0 Å². The van der Waals surface area contributed by atoms with Crippen molar-refractivity contribution in [3.63, 3.8) is 0 Å². The molecular weight excluding hydrogens is 472 g/mol. The van der Waals surface area contributed by atoms with E-state index in [9.17, 15) is 9.90 Å². The second-order valence-corrected chi connectivity index (χ2v) is 10.0. The van der Waals surface area contributed by atoms with Crippen LogP contribution in [0.4, 0.5) is 5.69 Å². The highest BCUT2D eigenvalue weighted by molar-refractivity contribution is 6.22. The molecule has 0 radical (unpaired) electrons. The van der Waals surface area contributed by atoms with Crippen molar-refractivity contribution in [1.82, 2.24) is 15.2 Å². The lowest BCUT2D eigenvalue weighted by molar-refractivity contribution is -0.116. The van der Waals surface area contributed by atoms with E-state index in [2.05, 4.69) is 39.2 Å². The summed E-state index contributed by atoms with van der Waals surface area (Å²) in [5.41, 5.74) is 5.62. The first-order valence-corrected chi connectivity index (χ1v) is 13.0. The molecule has 5 rings (SSSR count). The van der Waals surface area contributed by atoms with Gasteiger partial charge in [-0.05, 0) is 56.8 Å². The maximum absolute atomic E-state index is 12.2. The Morgan fingerprint density at radius 1 is 1.05 bits per heavy atom. The number of aromatic nitrogens is 1. The smallest absolute Gasteiger partial charge is 0.296 e. The summed E-state index contributed by atoms with van der Waals surface area (Å²) in [6.07, 6.45) is 4.36. The van der Waals surface area contributed by atoms with Crippen LogP contribution in [0.3, 0.4) is 0 Å². The normalized spacial score (nSPS) is 14.0. The number of nitrogens with zero attached hydrogens (tertiary/aromatic N) is 2. The highest BCUT2D eigenvalue weighted by Crippen LogP contribution is 2.32. The monoisotopic (exact) mass is 504 g/mol. The molecule has 1 heterocycles. The maximum Gasteiger partial charge on any atom is 0.296 e. The number of carbonyl (C=O) groups is 1. The van der Waals surface area contributed by atoms with Crippen molar-refractivity contribution in [3.8, 4) is 17.7 Å². The van der Waals surface area contributed by atoms with Crippen LogP contribution < -0.4 is 5.32 Å². The summed E-state index contributed by atoms with van der Waals surface area (Å²) in [5.74, 6) is 5.46. The molecule has 0 spiro atoms. The number of aliphatic imine (C=N–C) groups is 1. The van der Waals surface area contributed by atoms with Crippen molar-refractivity contribution in [2.45, 2.75) is 38.3 Å². The number of carbonyl (C=O) groups excluding carboxylic acids is 1. The predicted octanol–water partition coefficient (Wildman–Crippen LogP) is 5.51. The van der Waals surface area contributed by atoms with Crippen molar-refractivity contribution in [2.24, 2.45) is 4.99 Å². The van der Waals surface area contributed by atoms with Gasteiger partial charge in [0.1, 0.15) is 0 Å². The minimum Gasteiger partial charge on any atom is -0.494 e. The number of nitrogens with one attached hydrogen (secondary N) is 2. The molecule has 1 saturated carbocycles. The SMILES string of the molecule is CN(C)Cc1ccc(N=C(c2ccccc2)c2c(O)[nH]c3cc(C#CC(=O)NC4CCCC4)ccc23)cc1. The third-order valence-electron chi connectivity index (χ3n) is 6.75. The first-order valence-electron chi connectivity index (χ1n) is 13.0. The zero-order valence-electron chi connectivity index (χ0n) is 21.8. The fourth-order valence-corrected chi connectivity index (χ4v) is 4.95. The van der Waals surface area contributed by atoms with Gasteiger partial charge in [0, 0.05) is 35.0 Å². The predicted molar refractivity (Wildman–Crippen MR) is 153 cm³/mol. The van der Waals surface area contributed by atoms with Crippen LogP contribution in [0, 0.1) is 11.8 Å². The van der Waals surface area contributed by atoms with E-state index in [4.69, 9.17) is 4.99 Å². The van der Waals surface area contributed by atoms with E-state index in [0.29, 0.717) is 16.8 Å². The second-order valence-electron chi connectivity index (χ2n) is 10.0. The van der Waals surface area contributed by atoms with Crippen LogP contribution in [0.1, 0.15) is 47.9 Å². The number of amides is 1. The highest BCUT2D eigenvalue weighted by atomic mass is 16.3. The van der Waals surface area contributed by atoms with Gasteiger partial charge < -0.3 is 20.3 Å². The quantitative estimate of drug-likeness (QED) is 0.239. The van der Waals surface area contributed by atoms with Gasteiger partial charge in [-0.15, -0.1) is 0 Å². The van der Waals surface area contributed by atoms with Crippen molar-refractivity contribution in [3.05, 3.63) is 95.1 Å². The minimum atomic E-state index is -0.248. The Balaban J connectivity index is 1.49. The second kappa shape index (κ2) is 11.4. The molecule has 3 N–H and O–H groups in total. The van der Waals surface area contributed by atoms with Gasteiger partial charge in [-0.25, -0.2) is 4.99 Å². The van der Waals surface area contributed by atoms with E-state index in [-0.39, 0.29) is 17.8 Å². The first-order chi connectivity index (χ1) is 18.5. The lowest BCUT2D eigenvalue weighted by Gasteiger charge is -2.10. The summed E-state index contributed by atoms with van der Waals surface area (Å²) >= 11 is 0. The highest BCUT2D eigenvalue weighted by Gasteiger charge is 2.19. The summed E-state index contributed by atoms with van der Waals surface area (Å²) in [4.78, 5) is 22.4. The van der Waals surface area contributed by atoms with E-state index >= 15 is 0 Å². The third kappa shape index (κ3) is 5.96. The summed E-state index contributed by atoms with van der Waals surface area (Å²) in [5, 5.41) is 14.8. The molecule has 3 aromatic carbocycles. The van der Waals surface area contributed by atoms with Gasteiger partial charge in [0.25, 0.3) is 5.91 Å². The standard InChI is InChI=1S/C32H32N4O2/c1-36(2)21-23-12-16-26(17-13-23)34-31(24-8-4-3-5-9-24)30-27-18-14-22(20-28(27)35-32(30)38)15-19-29(37)33-25-10-6-7-11-25/h3-5,8-9,12-14,16-18,20,25,35,38H,6-7,10-11,21H2,1-2H3,(H,33,37). The van der Waals surface area contributed by atoms with E-state index in [1.54, 1.807) is 0 Å². The van der Waals surface area contributed by atoms with Crippen LogP contribution in [-0.2, 0) is 11.3 Å². The molecule has 0 unspecified atom stereocenters. The van der Waals surface area contributed by atoms with E-state index in [1.807, 2.05) is 74.8 Å². The topological polar surface area (TPSA) is 80.7 Å². The van der Waals surface area contributed by atoms with Gasteiger partial charge in [0.05, 0.1) is 22.5 Å². The third-order valence-corrected chi connectivity index (χ3v) is 6.75. The molecule has 0 saturated heterocycles. The lowest BCUT2D eigenvalue weighted by atomic mass is 10.00. The lowest BCUT2D eigenvalue weighted by Crippen LogP contribution is -2.31. The van der Waals surface area contributed by atoms with E-state index in [1.165, 1.54) is 5.56 Å². The Labute approximate surface area is 223 Å². The van der Waals surface area contributed by atoms with Crippen LogP contribution in [0.15, 0.2) is 77.8 Å². The molecule has 38 heavy (non-hydrogen) atoms. The number of hydrogen-bond acceptors (Lipinski definition) is 4.